The lowest BCUT2D eigenvalue weighted by atomic mass is 9.97. The summed E-state index contributed by atoms with van der Waals surface area (Å²) in [7, 11) is -3.35. The van der Waals surface area contributed by atoms with E-state index in [2.05, 4.69) is 4.72 Å². The van der Waals surface area contributed by atoms with Crippen LogP contribution in [-0.4, -0.2) is 25.8 Å². The Morgan fingerprint density at radius 3 is 2.45 bits per heavy atom. The highest BCUT2D eigenvalue weighted by Crippen LogP contribution is 2.19. The van der Waals surface area contributed by atoms with E-state index in [1.54, 1.807) is 19.1 Å². The molecule has 0 aliphatic rings. The zero-order valence-electron chi connectivity index (χ0n) is 12.5. The van der Waals surface area contributed by atoms with Crippen LogP contribution in [0.3, 0.4) is 0 Å². The van der Waals surface area contributed by atoms with Gasteiger partial charge in [-0.05, 0) is 24.8 Å². The number of rotatable bonds is 8. The predicted octanol–water partition coefficient (Wildman–Crippen LogP) is 2.25. The second kappa shape index (κ2) is 7.20. The first kappa shape index (κ1) is 17.1. The molecule has 1 rings (SSSR count). The molecule has 0 spiro atoms. The Hall–Kier alpha value is -0.910. The highest BCUT2D eigenvalue weighted by molar-refractivity contribution is 7.89. The van der Waals surface area contributed by atoms with E-state index >= 15 is 0 Å². The molecular weight excluding hydrogens is 274 g/mol. The van der Waals surface area contributed by atoms with E-state index in [4.69, 9.17) is 0 Å². The smallest absolute Gasteiger partial charge is 0.211 e. The number of sulfonamides is 1. The topological polar surface area (TPSA) is 66.4 Å². The van der Waals surface area contributed by atoms with Gasteiger partial charge in [0.15, 0.2) is 0 Å². The van der Waals surface area contributed by atoms with Crippen molar-refractivity contribution < 1.29 is 13.5 Å². The molecular formula is C15H25NO3S. The number of nitrogens with one attached hydrogen (secondary N) is 1. The van der Waals surface area contributed by atoms with Gasteiger partial charge < -0.3 is 5.11 Å². The Balaban J connectivity index is 2.61. The first-order chi connectivity index (χ1) is 9.27. The Labute approximate surface area is 122 Å². The maximum Gasteiger partial charge on any atom is 0.211 e. The maximum atomic E-state index is 12.0. The minimum atomic E-state index is -3.35. The van der Waals surface area contributed by atoms with Crippen LogP contribution in [0, 0.1) is 5.92 Å². The summed E-state index contributed by atoms with van der Waals surface area (Å²) in [5.41, 5.74) is -0.508. The summed E-state index contributed by atoms with van der Waals surface area (Å²) in [6.45, 7) is 5.56. The van der Waals surface area contributed by atoms with E-state index in [9.17, 15) is 13.5 Å². The van der Waals surface area contributed by atoms with E-state index in [0.29, 0.717) is 5.56 Å². The molecule has 0 heterocycles. The van der Waals surface area contributed by atoms with Gasteiger partial charge in [-0.1, -0.05) is 50.6 Å². The normalized spacial score (nSPS) is 16.6. The molecule has 114 valence electrons. The summed E-state index contributed by atoms with van der Waals surface area (Å²) in [6.07, 6.45) is 1.86. The summed E-state index contributed by atoms with van der Waals surface area (Å²) in [5.74, 6) is 0.227. The van der Waals surface area contributed by atoms with E-state index in [-0.39, 0.29) is 18.2 Å². The van der Waals surface area contributed by atoms with E-state index in [1.807, 2.05) is 32.0 Å². The van der Waals surface area contributed by atoms with Crippen LogP contribution < -0.4 is 4.72 Å². The van der Waals surface area contributed by atoms with Gasteiger partial charge in [0.05, 0.1) is 5.75 Å². The van der Waals surface area contributed by atoms with E-state index in [0.717, 1.165) is 12.8 Å². The third-order valence-electron chi connectivity index (χ3n) is 3.32. The Morgan fingerprint density at radius 2 is 1.90 bits per heavy atom. The molecule has 20 heavy (non-hydrogen) atoms. The molecule has 1 aromatic carbocycles. The fourth-order valence-corrected chi connectivity index (χ4v) is 3.69. The van der Waals surface area contributed by atoms with Crippen molar-refractivity contribution in [3.63, 3.8) is 0 Å². The standard InChI is InChI=1S/C15H25NO3S/c1-4-8-13(2)11-20(18,19)16-12-15(3,17)14-9-6-5-7-10-14/h5-7,9-10,13,16-17H,4,8,11-12H2,1-3H3. The van der Waals surface area contributed by atoms with Crippen molar-refractivity contribution in [2.45, 2.75) is 39.2 Å². The molecule has 2 atom stereocenters. The summed E-state index contributed by atoms with van der Waals surface area (Å²) in [5, 5.41) is 10.4. The maximum absolute atomic E-state index is 12.0. The highest BCUT2D eigenvalue weighted by atomic mass is 32.2. The summed E-state index contributed by atoms with van der Waals surface area (Å²) >= 11 is 0. The molecule has 0 aliphatic carbocycles. The van der Waals surface area contributed by atoms with Crippen molar-refractivity contribution in [1.29, 1.82) is 0 Å². The number of hydrogen-bond acceptors (Lipinski definition) is 3. The van der Waals surface area contributed by atoms with Crippen molar-refractivity contribution in [1.82, 2.24) is 4.72 Å². The molecule has 0 saturated heterocycles. The summed E-state index contributed by atoms with van der Waals surface area (Å²) in [4.78, 5) is 0. The molecule has 1 aromatic rings. The van der Waals surface area contributed by atoms with Crippen LogP contribution in [0.5, 0.6) is 0 Å². The SMILES string of the molecule is CCCC(C)CS(=O)(=O)NCC(C)(O)c1ccccc1. The van der Waals surface area contributed by atoms with Crippen molar-refractivity contribution in [3.05, 3.63) is 35.9 Å². The molecule has 0 amide bonds. The molecule has 4 nitrogen and oxygen atoms in total. The lowest BCUT2D eigenvalue weighted by Gasteiger charge is -2.24. The number of aliphatic hydroxyl groups is 1. The third-order valence-corrected chi connectivity index (χ3v) is 4.91. The van der Waals surface area contributed by atoms with Crippen LogP contribution in [0.4, 0.5) is 0 Å². The van der Waals surface area contributed by atoms with Gasteiger partial charge in [-0.15, -0.1) is 0 Å². The summed E-state index contributed by atoms with van der Waals surface area (Å²) < 4.78 is 26.5. The third kappa shape index (κ3) is 5.61. The van der Waals surface area contributed by atoms with Crippen molar-refractivity contribution in [2.24, 2.45) is 5.92 Å². The first-order valence-electron chi connectivity index (χ1n) is 7.02. The van der Waals surface area contributed by atoms with Crippen LogP contribution in [0.1, 0.15) is 39.2 Å². The van der Waals surface area contributed by atoms with Crippen LogP contribution in [0.25, 0.3) is 0 Å². The van der Waals surface area contributed by atoms with Crippen molar-refractivity contribution >= 4 is 10.0 Å². The van der Waals surface area contributed by atoms with Gasteiger partial charge in [0, 0.05) is 6.54 Å². The monoisotopic (exact) mass is 299 g/mol. The second-order valence-electron chi connectivity index (χ2n) is 5.64. The Kier molecular flexibility index (Phi) is 6.17. The molecule has 0 saturated carbocycles. The fraction of sp³-hybridized carbons (Fsp3) is 0.600. The van der Waals surface area contributed by atoms with Gasteiger partial charge in [-0.25, -0.2) is 13.1 Å². The molecule has 5 heteroatoms. The fourth-order valence-electron chi connectivity index (χ4n) is 2.16. The van der Waals surface area contributed by atoms with Gasteiger partial charge in [0.2, 0.25) is 10.0 Å². The van der Waals surface area contributed by atoms with Gasteiger partial charge in [-0.2, -0.15) is 0 Å². The van der Waals surface area contributed by atoms with Gasteiger partial charge in [0.1, 0.15) is 5.60 Å². The molecule has 0 fully saturated rings. The van der Waals surface area contributed by atoms with Gasteiger partial charge >= 0.3 is 0 Å². The molecule has 0 bridgehead atoms. The number of hydrogen-bond donors (Lipinski definition) is 2. The van der Waals surface area contributed by atoms with Crippen LogP contribution in [-0.2, 0) is 15.6 Å². The van der Waals surface area contributed by atoms with Crippen molar-refractivity contribution in [2.75, 3.05) is 12.3 Å². The lowest BCUT2D eigenvalue weighted by molar-refractivity contribution is 0.0627. The summed E-state index contributed by atoms with van der Waals surface area (Å²) in [6, 6.07) is 9.07. The largest absolute Gasteiger partial charge is 0.384 e. The average molecular weight is 299 g/mol. The highest BCUT2D eigenvalue weighted by Gasteiger charge is 2.25. The number of benzene rings is 1. The van der Waals surface area contributed by atoms with Crippen LogP contribution in [0.2, 0.25) is 0 Å². The molecule has 0 aliphatic heterocycles. The molecule has 2 N–H and O–H groups in total. The minimum Gasteiger partial charge on any atom is -0.384 e. The van der Waals surface area contributed by atoms with E-state index < -0.39 is 15.6 Å². The quantitative estimate of drug-likeness (QED) is 0.773. The average Bonchev–Trinajstić information content (AvgIpc) is 2.37. The van der Waals surface area contributed by atoms with Crippen molar-refractivity contribution in [3.8, 4) is 0 Å². The predicted molar refractivity (Wildman–Crippen MR) is 81.9 cm³/mol. The van der Waals surface area contributed by atoms with Gasteiger partial charge in [-0.3, -0.25) is 0 Å². The van der Waals surface area contributed by atoms with Gasteiger partial charge in [0.25, 0.3) is 0 Å². The first-order valence-corrected chi connectivity index (χ1v) is 8.67. The second-order valence-corrected chi connectivity index (χ2v) is 7.49. The minimum absolute atomic E-state index is 0.0157. The molecule has 0 aromatic heterocycles. The van der Waals surface area contributed by atoms with E-state index in [1.165, 1.54) is 0 Å². The Morgan fingerprint density at radius 1 is 1.30 bits per heavy atom. The zero-order chi connectivity index (χ0) is 15.2. The van der Waals surface area contributed by atoms with Crippen LogP contribution >= 0.6 is 0 Å². The zero-order valence-corrected chi connectivity index (χ0v) is 13.3. The van der Waals surface area contributed by atoms with Crippen LogP contribution in [0.15, 0.2) is 30.3 Å². The molecule has 0 radical (unpaired) electrons. The lowest BCUT2D eigenvalue weighted by Crippen LogP contribution is -2.40. The molecule has 2 unspecified atom stereocenters. The Bertz CT molecular complexity index is 497.